The largest absolute Gasteiger partial charge is 0.353 e. The zero-order chi connectivity index (χ0) is 15.5. The molecular formula is C19H34N2O. The van der Waals surface area contributed by atoms with E-state index in [-0.39, 0.29) is 5.92 Å². The molecule has 3 fully saturated rings. The minimum Gasteiger partial charge on any atom is -0.353 e. The number of hydrogen-bond acceptors (Lipinski definition) is 2. The lowest BCUT2D eigenvalue weighted by Gasteiger charge is -2.44. The van der Waals surface area contributed by atoms with Crippen molar-refractivity contribution in [3.8, 4) is 0 Å². The van der Waals surface area contributed by atoms with Crippen molar-refractivity contribution < 1.29 is 4.79 Å². The second-order valence-corrected chi connectivity index (χ2v) is 8.21. The first-order valence-corrected chi connectivity index (χ1v) is 9.73. The summed E-state index contributed by atoms with van der Waals surface area (Å²) >= 11 is 0. The van der Waals surface area contributed by atoms with Crippen molar-refractivity contribution in [2.45, 2.75) is 89.6 Å². The molecule has 0 spiro atoms. The molecule has 3 rings (SSSR count). The van der Waals surface area contributed by atoms with Crippen LogP contribution in [-0.4, -0.2) is 18.0 Å². The molecule has 3 saturated carbocycles. The standard InChI is InChI=1S/C19H34N2O/c1-2-4-13-7-9-17(10-8-13)21-19(22)16-11-14-5-3-6-15(12-16)18(14)20/h13-18H,2-12,20H2,1H3,(H,21,22). The summed E-state index contributed by atoms with van der Waals surface area (Å²) in [7, 11) is 0. The minimum absolute atomic E-state index is 0.239. The van der Waals surface area contributed by atoms with Gasteiger partial charge >= 0.3 is 0 Å². The lowest BCUT2D eigenvalue weighted by Crippen LogP contribution is -2.50. The van der Waals surface area contributed by atoms with E-state index in [2.05, 4.69) is 12.2 Å². The Labute approximate surface area is 135 Å². The first kappa shape index (κ1) is 16.3. The van der Waals surface area contributed by atoms with Crippen LogP contribution >= 0.6 is 0 Å². The maximum atomic E-state index is 12.7. The lowest BCUT2D eigenvalue weighted by atomic mass is 9.65. The summed E-state index contributed by atoms with van der Waals surface area (Å²) in [6.07, 6.45) is 13.5. The van der Waals surface area contributed by atoms with Crippen LogP contribution in [0.2, 0.25) is 0 Å². The summed E-state index contributed by atoms with van der Waals surface area (Å²) in [5.41, 5.74) is 6.34. The molecule has 0 aromatic rings. The van der Waals surface area contributed by atoms with Gasteiger partial charge < -0.3 is 11.1 Å². The molecule has 3 aliphatic carbocycles. The number of rotatable bonds is 4. The van der Waals surface area contributed by atoms with Gasteiger partial charge in [-0.25, -0.2) is 0 Å². The molecule has 0 heterocycles. The Bertz CT molecular complexity index is 362. The average molecular weight is 306 g/mol. The number of amides is 1. The highest BCUT2D eigenvalue weighted by Gasteiger charge is 2.40. The molecule has 2 unspecified atom stereocenters. The van der Waals surface area contributed by atoms with Crippen molar-refractivity contribution in [2.24, 2.45) is 29.4 Å². The van der Waals surface area contributed by atoms with Crippen molar-refractivity contribution in [1.29, 1.82) is 0 Å². The van der Waals surface area contributed by atoms with Gasteiger partial charge in [-0.2, -0.15) is 0 Å². The van der Waals surface area contributed by atoms with E-state index in [0.717, 1.165) is 18.8 Å². The van der Waals surface area contributed by atoms with Crippen molar-refractivity contribution in [1.82, 2.24) is 5.32 Å². The van der Waals surface area contributed by atoms with Gasteiger partial charge in [0.05, 0.1) is 0 Å². The summed E-state index contributed by atoms with van der Waals surface area (Å²) in [4.78, 5) is 12.7. The molecule has 0 aromatic heterocycles. The van der Waals surface area contributed by atoms with E-state index < -0.39 is 0 Å². The Morgan fingerprint density at radius 3 is 2.27 bits per heavy atom. The number of nitrogens with two attached hydrogens (primary N) is 1. The summed E-state index contributed by atoms with van der Waals surface area (Å²) in [5.74, 6) is 2.68. The van der Waals surface area contributed by atoms with Crippen LogP contribution in [0.1, 0.15) is 77.6 Å². The SMILES string of the molecule is CCCC1CCC(NC(=O)C2CC3CCCC(C2)C3N)CC1. The third-order valence-corrected chi connectivity index (χ3v) is 6.67. The van der Waals surface area contributed by atoms with Gasteiger partial charge in [0.25, 0.3) is 0 Å². The van der Waals surface area contributed by atoms with E-state index in [0.29, 0.717) is 29.8 Å². The number of carbonyl (C=O) groups is 1. The van der Waals surface area contributed by atoms with E-state index in [9.17, 15) is 4.79 Å². The predicted molar refractivity (Wildman–Crippen MR) is 90.3 cm³/mol. The van der Waals surface area contributed by atoms with Gasteiger partial charge in [0.15, 0.2) is 0 Å². The molecule has 0 aromatic carbocycles. The Morgan fingerprint density at radius 2 is 1.68 bits per heavy atom. The van der Waals surface area contributed by atoms with E-state index in [1.807, 2.05) is 0 Å². The van der Waals surface area contributed by atoms with Gasteiger partial charge in [0.1, 0.15) is 0 Å². The van der Waals surface area contributed by atoms with Crippen LogP contribution < -0.4 is 11.1 Å². The first-order chi connectivity index (χ1) is 10.7. The minimum atomic E-state index is 0.239. The van der Waals surface area contributed by atoms with Crippen LogP contribution in [0, 0.1) is 23.7 Å². The van der Waals surface area contributed by atoms with Gasteiger partial charge in [-0.1, -0.05) is 26.2 Å². The summed E-state index contributed by atoms with van der Waals surface area (Å²) in [6.45, 7) is 2.28. The Kier molecular flexibility index (Phi) is 5.43. The monoisotopic (exact) mass is 306 g/mol. The third-order valence-electron chi connectivity index (χ3n) is 6.67. The molecule has 3 aliphatic rings. The van der Waals surface area contributed by atoms with E-state index >= 15 is 0 Å². The molecule has 22 heavy (non-hydrogen) atoms. The van der Waals surface area contributed by atoms with Gasteiger partial charge in [-0.3, -0.25) is 4.79 Å². The fourth-order valence-corrected chi connectivity index (χ4v) is 5.33. The number of fused-ring (bicyclic) bond motifs is 2. The van der Waals surface area contributed by atoms with Crippen molar-refractivity contribution in [3.05, 3.63) is 0 Å². The number of hydrogen-bond donors (Lipinski definition) is 2. The van der Waals surface area contributed by atoms with Crippen LogP contribution in [0.4, 0.5) is 0 Å². The average Bonchev–Trinajstić information content (AvgIpc) is 2.49. The zero-order valence-corrected chi connectivity index (χ0v) is 14.2. The van der Waals surface area contributed by atoms with Crippen molar-refractivity contribution >= 4 is 5.91 Å². The molecule has 3 nitrogen and oxygen atoms in total. The molecule has 2 bridgehead atoms. The smallest absolute Gasteiger partial charge is 0.223 e. The van der Waals surface area contributed by atoms with E-state index in [1.165, 1.54) is 57.8 Å². The van der Waals surface area contributed by atoms with Crippen LogP contribution in [0.15, 0.2) is 0 Å². The fourth-order valence-electron chi connectivity index (χ4n) is 5.33. The van der Waals surface area contributed by atoms with Gasteiger partial charge in [-0.15, -0.1) is 0 Å². The molecule has 1 amide bonds. The van der Waals surface area contributed by atoms with E-state index in [1.54, 1.807) is 0 Å². The fraction of sp³-hybridized carbons (Fsp3) is 0.947. The van der Waals surface area contributed by atoms with Gasteiger partial charge in [0.2, 0.25) is 5.91 Å². The Morgan fingerprint density at radius 1 is 1.05 bits per heavy atom. The normalized spacial score (nSPS) is 41.9. The highest BCUT2D eigenvalue weighted by Crippen LogP contribution is 2.42. The van der Waals surface area contributed by atoms with Gasteiger partial charge in [0, 0.05) is 18.0 Å². The van der Waals surface area contributed by atoms with E-state index in [4.69, 9.17) is 5.73 Å². The molecule has 0 aliphatic heterocycles. The van der Waals surface area contributed by atoms with Crippen LogP contribution in [0.25, 0.3) is 0 Å². The van der Waals surface area contributed by atoms with Crippen LogP contribution in [-0.2, 0) is 4.79 Å². The molecule has 3 heteroatoms. The second kappa shape index (κ2) is 7.33. The van der Waals surface area contributed by atoms with Crippen LogP contribution in [0.3, 0.4) is 0 Å². The molecule has 0 saturated heterocycles. The zero-order valence-electron chi connectivity index (χ0n) is 14.2. The highest BCUT2D eigenvalue weighted by molar-refractivity contribution is 5.79. The topological polar surface area (TPSA) is 55.1 Å². The number of nitrogens with one attached hydrogen (secondary N) is 1. The molecule has 0 radical (unpaired) electrons. The maximum Gasteiger partial charge on any atom is 0.223 e. The maximum absolute atomic E-state index is 12.7. The van der Waals surface area contributed by atoms with Crippen LogP contribution in [0.5, 0.6) is 0 Å². The summed E-state index contributed by atoms with van der Waals surface area (Å²) in [6, 6.07) is 0.804. The van der Waals surface area contributed by atoms with Crippen molar-refractivity contribution in [3.63, 3.8) is 0 Å². The highest BCUT2D eigenvalue weighted by atomic mass is 16.1. The second-order valence-electron chi connectivity index (χ2n) is 8.21. The van der Waals surface area contributed by atoms with Gasteiger partial charge in [-0.05, 0) is 69.1 Å². The quantitative estimate of drug-likeness (QED) is 0.833. The summed E-state index contributed by atoms with van der Waals surface area (Å²) < 4.78 is 0. The summed E-state index contributed by atoms with van der Waals surface area (Å²) in [5, 5.41) is 3.38. The molecule has 126 valence electrons. The Hall–Kier alpha value is -0.570. The Balaban J connectivity index is 1.47. The molecule has 2 atom stereocenters. The molecule has 3 N–H and O–H groups in total. The first-order valence-electron chi connectivity index (χ1n) is 9.73. The molecular weight excluding hydrogens is 272 g/mol. The predicted octanol–water partition coefficient (Wildman–Crippen LogP) is 3.62. The third kappa shape index (κ3) is 3.67. The lowest BCUT2D eigenvalue weighted by molar-refractivity contribution is -0.128. The number of carbonyl (C=O) groups excluding carboxylic acids is 1. The van der Waals surface area contributed by atoms with Crippen molar-refractivity contribution in [2.75, 3.05) is 0 Å².